The van der Waals surface area contributed by atoms with E-state index in [4.69, 9.17) is 25.0 Å². The molecule has 0 saturated carbocycles. The Kier molecular flexibility index (Phi) is 7.36. The fourth-order valence-electron chi connectivity index (χ4n) is 3.83. The summed E-state index contributed by atoms with van der Waals surface area (Å²) < 4.78 is 23.3. The van der Waals surface area contributed by atoms with E-state index in [1.54, 1.807) is 24.3 Å². The maximum absolute atomic E-state index is 12.2. The Balaban J connectivity index is 1.80. The van der Waals surface area contributed by atoms with Gasteiger partial charge in [0.2, 0.25) is 0 Å². The first kappa shape index (κ1) is 23.9. The van der Waals surface area contributed by atoms with Gasteiger partial charge in [0.15, 0.2) is 5.75 Å². The lowest BCUT2D eigenvalue weighted by Crippen LogP contribution is -2.30. The summed E-state index contributed by atoms with van der Waals surface area (Å²) in [7, 11) is 11.2. The molecule has 0 aliphatic carbocycles. The maximum atomic E-state index is 12.2. The average molecular weight is 443 g/mol. The number of para-hydroxylation sites is 1. The Morgan fingerprint density at radius 3 is 2.19 bits per heavy atom. The normalized spacial score (nSPS) is 12.0. The summed E-state index contributed by atoms with van der Waals surface area (Å²) in [4.78, 5) is 0. The molecular weight excluding hydrogens is 417 g/mol. The van der Waals surface area contributed by atoms with E-state index in [2.05, 4.69) is 0 Å². The Morgan fingerprint density at radius 1 is 0.969 bits per heavy atom. The molecule has 0 spiro atoms. The van der Waals surface area contributed by atoms with Gasteiger partial charge < -0.3 is 9.84 Å². The smallest absolute Gasteiger partial charge is 0.508 e. The van der Waals surface area contributed by atoms with E-state index in [9.17, 15) is 9.67 Å². The standard InChI is InChI=1S/C25H25B2O4P/c1-16(2)22-14-19(10-11-23(22)28)25(26,27)24-17(3)12-21(13-18(24)4)30-15-32(29)31-20-8-6-5-7-9-20/h5-14,16H,15H2,1-4H3/p+1. The highest BCUT2D eigenvalue weighted by molar-refractivity contribution is 7.39. The minimum Gasteiger partial charge on any atom is -0.508 e. The molecular formula is C25H26B2O4P+. The van der Waals surface area contributed by atoms with Crippen molar-refractivity contribution in [2.45, 2.75) is 38.8 Å². The van der Waals surface area contributed by atoms with Gasteiger partial charge >= 0.3 is 14.4 Å². The second-order valence-corrected chi connectivity index (χ2v) is 9.35. The van der Waals surface area contributed by atoms with Gasteiger partial charge in [0.1, 0.15) is 11.5 Å². The molecule has 1 N–H and O–H groups in total. The quantitative estimate of drug-likeness (QED) is 0.352. The Morgan fingerprint density at radius 2 is 1.59 bits per heavy atom. The maximum Gasteiger partial charge on any atom is 0.598 e. The number of ether oxygens (including phenoxy) is 1. The predicted molar refractivity (Wildman–Crippen MR) is 131 cm³/mol. The SMILES string of the molecule is [B]C([B])(c1ccc(O)c(C(C)C)c1)c1c(C)cc(OC[P+](=O)Oc2ccccc2)cc1C. The minimum atomic E-state index is -2.02. The van der Waals surface area contributed by atoms with Gasteiger partial charge in [-0.05, 0) is 76.9 Å². The zero-order chi connectivity index (χ0) is 23.5. The third kappa shape index (κ3) is 5.37. The van der Waals surface area contributed by atoms with Gasteiger partial charge in [-0.3, -0.25) is 4.52 Å². The number of phenols is 1. The van der Waals surface area contributed by atoms with Crippen molar-refractivity contribution in [1.29, 1.82) is 0 Å². The van der Waals surface area contributed by atoms with Gasteiger partial charge in [0, 0.05) is 0 Å². The summed E-state index contributed by atoms with van der Waals surface area (Å²) in [5.41, 5.74) is 3.97. The summed E-state index contributed by atoms with van der Waals surface area (Å²) in [6.45, 7) is 7.83. The van der Waals surface area contributed by atoms with E-state index in [0.717, 1.165) is 22.3 Å². The molecule has 1 atom stereocenters. The van der Waals surface area contributed by atoms with Crippen LogP contribution in [0.5, 0.6) is 17.2 Å². The summed E-state index contributed by atoms with van der Waals surface area (Å²) in [5.74, 6) is 1.45. The molecule has 0 heterocycles. The lowest BCUT2D eigenvalue weighted by Gasteiger charge is -2.32. The highest BCUT2D eigenvalue weighted by Gasteiger charge is 2.28. The first-order valence-electron chi connectivity index (χ1n) is 10.4. The molecule has 0 aliphatic heterocycles. The topological polar surface area (TPSA) is 55.8 Å². The molecule has 0 bridgehead atoms. The number of hydrogen-bond acceptors (Lipinski definition) is 4. The van der Waals surface area contributed by atoms with Gasteiger partial charge in [-0.1, -0.05) is 55.0 Å². The lowest BCUT2D eigenvalue weighted by molar-refractivity contribution is 0.362. The zero-order valence-electron chi connectivity index (χ0n) is 18.8. The number of aryl methyl sites for hydroxylation is 2. The fraction of sp³-hybridized carbons (Fsp3) is 0.280. The molecule has 0 aliphatic rings. The largest absolute Gasteiger partial charge is 0.598 e. The molecule has 160 valence electrons. The molecule has 1 unspecified atom stereocenters. The molecule has 3 aromatic rings. The summed E-state index contributed by atoms with van der Waals surface area (Å²) in [6.07, 6.45) is -0.0748. The van der Waals surface area contributed by atoms with Crippen LogP contribution in [0.1, 0.15) is 47.6 Å². The number of benzene rings is 3. The zero-order valence-corrected chi connectivity index (χ0v) is 19.7. The lowest BCUT2D eigenvalue weighted by atomic mass is 9.46. The van der Waals surface area contributed by atoms with Crippen LogP contribution in [-0.2, 0) is 9.78 Å². The van der Waals surface area contributed by atoms with Crippen molar-refractivity contribution in [2.24, 2.45) is 0 Å². The molecule has 0 saturated heterocycles. The molecule has 0 fully saturated rings. The van der Waals surface area contributed by atoms with Gasteiger partial charge in [-0.2, -0.15) is 0 Å². The van der Waals surface area contributed by atoms with Crippen LogP contribution in [0.2, 0.25) is 0 Å². The monoisotopic (exact) mass is 443 g/mol. The third-order valence-electron chi connectivity index (χ3n) is 5.33. The molecule has 4 radical (unpaired) electrons. The van der Waals surface area contributed by atoms with Crippen LogP contribution < -0.4 is 9.26 Å². The molecule has 3 aromatic carbocycles. The van der Waals surface area contributed by atoms with E-state index in [0.29, 0.717) is 17.1 Å². The van der Waals surface area contributed by atoms with Gasteiger partial charge in [0.25, 0.3) is 0 Å². The van der Waals surface area contributed by atoms with Crippen molar-refractivity contribution in [2.75, 3.05) is 6.35 Å². The molecule has 7 heteroatoms. The van der Waals surface area contributed by atoms with Crippen LogP contribution in [0, 0.1) is 13.8 Å². The fourth-order valence-corrected chi connectivity index (χ4v) is 4.49. The van der Waals surface area contributed by atoms with Crippen LogP contribution in [0.25, 0.3) is 0 Å². The van der Waals surface area contributed by atoms with Crippen LogP contribution in [-0.4, -0.2) is 27.1 Å². The van der Waals surface area contributed by atoms with Crippen molar-refractivity contribution < 1.29 is 18.9 Å². The van der Waals surface area contributed by atoms with Crippen molar-refractivity contribution in [1.82, 2.24) is 0 Å². The van der Waals surface area contributed by atoms with E-state index in [-0.39, 0.29) is 18.0 Å². The second-order valence-electron chi connectivity index (χ2n) is 8.24. The number of rotatable bonds is 8. The van der Waals surface area contributed by atoms with Crippen molar-refractivity contribution in [3.05, 3.63) is 88.5 Å². The van der Waals surface area contributed by atoms with Crippen LogP contribution >= 0.6 is 8.03 Å². The van der Waals surface area contributed by atoms with Crippen molar-refractivity contribution in [3.8, 4) is 17.2 Å². The molecule has 0 aromatic heterocycles. The average Bonchev–Trinajstić information content (AvgIpc) is 2.72. The summed E-state index contributed by atoms with van der Waals surface area (Å²) >= 11 is 0. The van der Waals surface area contributed by atoms with Gasteiger partial charge in [-0.15, -0.1) is 0 Å². The van der Waals surface area contributed by atoms with E-state index in [1.165, 1.54) is 0 Å². The molecule has 32 heavy (non-hydrogen) atoms. The van der Waals surface area contributed by atoms with Crippen LogP contribution in [0.15, 0.2) is 60.7 Å². The van der Waals surface area contributed by atoms with Crippen molar-refractivity contribution in [3.63, 3.8) is 0 Å². The number of aromatic hydroxyl groups is 1. The van der Waals surface area contributed by atoms with E-state index in [1.807, 2.05) is 64.1 Å². The molecule has 4 nitrogen and oxygen atoms in total. The summed E-state index contributed by atoms with van der Waals surface area (Å²) in [5, 5.41) is 8.89. The molecule has 0 amide bonds. The summed E-state index contributed by atoms with van der Waals surface area (Å²) in [6, 6.07) is 17.9. The van der Waals surface area contributed by atoms with E-state index < -0.39 is 13.2 Å². The first-order chi connectivity index (χ1) is 15.1. The van der Waals surface area contributed by atoms with Gasteiger partial charge in [0.05, 0.1) is 15.7 Å². The first-order valence-corrected chi connectivity index (χ1v) is 11.8. The highest BCUT2D eigenvalue weighted by Crippen LogP contribution is 2.37. The van der Waals surface area contributed by atoms with E-state index >= 15 is 0 Å². The van der Waals surface area contributed by atoms with Crippen LogP contribution in [0.4, 0.5) is 0 Å². The highest BCUT2D eigenvalue weighted by atomic mass is 31.1. The number of phenolic OH excluding ortho intramolecular Hbond substituents is 1. The molecule has 3 rings (SSSR count). The Bertz CT molecular complexity index is 1090. The van der Waals surface area contributed by atoms with Crippen LogP contribution in [0.3, 0.4) is 0 Å². The third-order valence-corrected chi connectivity index (χ3v) is 6.09. The number of hydrogen-bond donors (Lipinski definition) is 1. The Labute approximate surface area is 193 Å². The van der Waals surface area contributed by atoms with Gasteiger partial charge in [-0.25, -0.2) is 0 Å². The Hall–Kier alpha value is -2.71. The predicted octanol–water partition coefficient (Wildman–Crippen LogP) is 5.83. The minimum absolute atomic E-state index is 0.0748. The van der Waals surface area contributed by atoms with Crippen molar-refractivity contribution >= 4 is 23.7 Å². The second kappa shape index (κ2) is 9.83.